The van der Waals surface area contributed by atoms with Crippen LogP contribution in [0.2, 0.25) is 0 Å². The highest BCUT2D eigenvalue weighted by atomic mass is 16.5. The first-order chi connectivity index (χ1) is 8.19. The molecule has 1 fully saturated rings. The van der Waals surface area contributed by atoms with E-state index in [1.165, 1.54) is 0 Å². The third-order valence-corrected chi connectivity index (χ3v) is 3.90. The molecular weight excluding hydrogens is 214 g/mol. The number of pyridine rings is 1. The first-order valence-electron chi connectivity index (χ1n) is 6.12. The highest BCUT2D eigenvalue weighted by Crippen LogP contribution is 2.31. The lowest BCUT2D eigenvalue weighted by atomic mass is 9.90. The first kappa shape index (κ1) is 12.5. The second-order valence-corrected chi connectivity index (χ2v) is 4.75. The minimum Gasteiger partial charge on any atom is -0.376 e. The quantitative estimate of drug-likeness (QED) is 0.846. The number of hydrogen-bond donors (Lipinski definition) is 1. The molecule has 0 aliphatic carbocycles. The average molecular weight is 235 g/mol. The number of ether oxygens (including phenoxy) is 1. The Morgan fingerprint density at radius 2 is 2.41 bits per heavy atom. The van der Waals surface area contributed by atoms with Crippen molar-refractivity contribution in [2.24, 2.45) is 5.73 Å². The maximum atomic E-state index is 5.97. The largest absolute Gasteiger partial charge is 0.376 e. The molecule has 1 saturated heterocycles. The SMILES string of the molecule is CC1OCCC1(CN)N(C)Cc1ccccn1. The van der Waals surface area contributed by atoms with Gasteiger partial charge in [0.05, 0.1) is 17.3 Å². The average Bonchev–Trinajstić information content (AvgIpc) is 2.73. The molecule has 1 aliphatic heterocycles. The lowest BCUT2D eigenvalue weighted by Gasteiger charge is -2.40. The molecule has 1 aromatic rings. The lowest BCUT2D eigenvalue weighted by Crippen LogP contribution is -2.56. The van der Waals surface area contributed by atoms with Crippen molar-refractivity contribution in [2.45, 2.75) is 31.5 Å². The van der Waals surface area contributed by atoms with Gasteiger partial charge in [-0.15, -0.1) is 0 Å². The zero-order chi connectivity index (χ0) is 12.3. The van der Waals surface area contributed by atoms with Gasteiger partial charge in [-0.1, -0.05) is 6.07 Å². The van der Waals surface area contributed by atoms with Crippen molar-refractivity contribution in [3.05, 3.63) is 30.1 Å². The molecule has 1 aliphatic rings. The zero-order valence-electron chi connectivity index (χ0n) is 10.6. The predicted molar refractivity (Wildman–Crippen MR) is 67.5 cm³/mol. The summed E-state index contributed by atoms with van der Waals surface area (Å²) in [5, 5.41) is 0. The standard InChI is InChI=1S/C13H21N3O/c1-11-13(10-14,6-8-17-11)16(2)9-12-5-3-4-7-15-12/h3-5,7,11H,6,8-10,14H2,1-2H3. The molecule has 0 saturated carbocycles. The van der Waals surface area contributed by atoms with Gasteiger partial charge in [0.25, 0.3) is 0 Å². The molecule has 4 nitrogen and oxygen atoms in total. The third-order valence-electron chi connectivity index (χ3n) is 3.90. The van der Waals surface area contributed by atoms with E-state index in [1.807, 2.05) is 24.4 Å². The van der Waals surface area contributed by atoms with E-state index in [9.17, 15) is 0 Å². The summed E-state index contributed by atoms with van der Waals surface area (Å²) >= 11 is 0. The van der Waals surface area contributed by atoms with Crippen molar-refractivity contribution in [1.29, 1.82) is 0 Å². The van der Waals surface area contributed by atoms with Gasteiger partial charge < -0.3 is 10.5 Å². The molecular formula is C13H21N3O. The molecule has 0 aromatic carbocycles. The van der Waals surface area contributed by atoms with Crippen LogP contribution in [0.4, 0.5) is 0 Å². The minimum absolute atomic E-state index is 0.0441. The second kappa shape index (κ2) is 5.12. The van der Waals surface area contributed by atoms with Crippen molar-refractivity contribution in [3.63, 3.8) is 0 Å². The summed E-state index contributed by atoms with van der Waals surface area (Å²) < 4.78 is 5.68. The van der Waals surface area contributed by atoms with Crippen molar-refractivity contribution in [2.75, 3.05) is 20.2 Å². The number of nitrogens with two attached hydrogens (primary N) is 1. The Kier molecular flexibility index (Phi) is 3.76. The highest BCUT2D eigenvalue weighted by Gasteiger charge is 2.43. The van der Waals surface area contributed by atoms with Gasteiger partial charge in [0, 0.05) is 25.9 Å². The molecule has 2 unspecified atom stereocenters. The third kappa shape index (κ3) is 2.34. The summed E-state index contributed by atoms with van der Waals surface area (Å²) in [6.45, 7) is 4.34. The molecule has 2 atom stereocenters. The van der Waals surface area contributed by atoms with Crippen LogP contribution in [0.25, 0.3) is 0 Å². The summed E-state index contributed by atoms with van der Waals surface area (Å²) in [6, 6.07) is 5.99. The Hall–Kier alpha value is -0.970. The van der Waals surface area contributed by atoms with Crippen molar-refractivity contribution >= 4 is 0 Å². The van der Waals surface area contributed by atoms with Gasteiger partial charge in [0.15, 0.2) is 0 Å². The van der Waals surface area contributed by atoms with Crippen LogP contribution in [0.1, 0.15) is 19.0 Å². The van der Waals surface area contributed by atoms with E-state index in [-0.39, 0.29) is 11.6 Å². The summed E-state index contributed by atoms with van der Waals surface area (Å²) in [5.41, 5.74) is 7.00. The molecule has 0 radical (unpaired) electrons. The van der Waals surface area contributed by atoms with Gasteiger partial charge in [-0.3, -0.25) is 9.88 Å². The van der Waals surface area contributed by atoms with Crippen LogP contribution in [-0.4, -0.2) is 41.7 Å². The van der Waals surface area contributed by atoms with Crippen molar-refractivity contribution < 1.29 is 4.74 Å². The van der Waals surface area contributed by atoms with Crippen LogP contribution in [-0.2, 0) is 11.3 Å². The Bertz CT molecular complexity index is 357. The Morgan fingerprint density at radius 3 is 2.94 bits per heavy atom. The maximum absolute atomic E-state index is 5.97. The van der Waals surface area contributed by atoms with E-state index in [4.69, 9.17) is 10.5 Å². The van der Waals surface area contributed by atoms with Crippen LogP contribution in [0.5, 0.6) is 0 Å². The van der Waals surface area contributed by atoms with Gasteiger partial charge in [0.1, 0.15) is 0 Å². The van der Waals surface area contributed by atoms with Crippen LogP contribution >= 0.6 is 0 Å². The van der Waals surface area contributed by atoms with Gasteiger partial charge in [-0.25, -0.2) is 0 Å². The molecule has 94 valence electrons. The maximum Gasteiger partial charge on any atom is 0.0743 e. The van der Waals surface area contributed by atoms with E-state index in [0.29, 0.717) is 6.54 Å². The topological polar surface area (TPSA) is 51.4 Å². The number of likely N-dealkylation sites (N-methyl/N-ethyl adjacent to an activating group) is 1. The molecule has 4 heteroatoms. The number of hydrogen-bond acceptors (Lipinski definition) is 4. The molecule has 17 heavy (non-hydrogen) atoms. The van der Waals surface area contributed by atoms with Gasteiger partial charge in [-0.05, 0) is 32.5 Å². The lowest BCUT2D eigenvalue weighted by molar-refractivity contribution is 0.0239. The van der Waals surface area contributed by atoms with E-state index in [2.05, 4.69) is 23.9 Å². The first-order valence-corrected chi connectivity index (χ1v) is 6.12. The van der Waals surface area contributed by atoms with E-state index < -0.39 is 0 Å². The number of aromatic nitrogens is 1. The smallest absolute Gasteiger partial charge is 0.0743 e. The molecule has 2 rings (SSSR count). The zero-order valence-corrected chi connectivity index (χ0v) is 10.6. The minimum atomic E-state index is -0.0441. The van der Waals surface area contributed by atoms with Gasteiger partial charge >= 0.3 is 0 Å². The monoisotopic (exact) mass is 235 g/mol. The summed E-state index contributed by atoms with van der Waals surface area (Å²) in [4.78, 5) is 6.64. The summed E-state index contributed by atoms with van der Waals surface area (Å²) in [5.74, 6) is 0. The predicted octanol–water partition coefficient (Wildman–Crippen LogP) is 1.02. The van der Waals surface area contributed by atoms with E-state index in [1.54, 1.807) is 0 Å². The van der Waals surface area contributed by atoms with Gasteiger partial charge in [0.2, 0.25) is 0 Å². The van der Waals surface area contributed by atoms with Crippen LogP contribution in [0.3, 0.4) is 0 Å². The van der Waals surface area contributed by atoms with E-state index >= 15 is 0 Å². The van der Waals surface area contributed by atoms with Crippen LogP contribution in [0.15, 0.2) is 24.4 Å². The second-order valence-electron chi connectivity index (χ2n) is 4.75. The summed E-state index contributed by atoms with van der Waals surface area (Å²) in [6.07, 6.45) is 3.00. The molecule has 1 aromatic heterocycles. The summed E-state index contributed by atoms with van der Waals surface area (Å²) in [7, 11) is 2.10. The molecule has 0 amide bonds. The molecule has 0 bridgehead atoms. The Balaban J connectivity index is 2.10. The molecule has 2 N–H and O–H groups in total. The fraction of sp³-hybridized carbons (Fsp3) is 0.615. The molecule has 2 heterocycles. The highest BCUT2D eigenvalue weighted by molar-refractivity contribution is 5.06. The molecule has 0 spiro atoms. The number of nitrogens with zero attached hydrogens (tertiary/aromatic N) is 2. The van der Waals surface area contributed by atoms with Crippen molar-refractivity contribution in [1.82, 2.24) is 9.88 Å². The fourth-order valence-corrected chi connectivity index (χ4v) is 2.59. The fourth-order valence-electron chi connectivity index (χ4n) is 2.59. The Labute approximate surface area is 103 Å². The van der Waals surface area contributed by atoms with Crippen molar-refractivity contribution in [3.8, 4) is 0 Å². The normalized spacial score (nSPS) is 28.8. The van der Waals surface area contributed by atoms with Crippen LogP contribution < -0.4 is 5.73 Å². The number of rotatable bonds is 4. The Morgan fingerprint density at radius 1 is 1.59 bits per heavy atom. The van der Waals surface area contributed by atoms with Gasteiger partial charge in [-0.2, -0.15) is 0 Å². The van der Waals surface area contributed by atoms with Crippen LogP contribution in [0, 0.1) is 0 Å². The van der Waals surface area contributed by atoms with E-state index in [0.717, 1.165) is 25.3 Å².